The van der Waals surface area contributed by atoms with Gasteiger partial charge in [0.25, 0.3) is 0 Å². The Morgan fingerprint density at radius 2 is 2.15 bits per heavy atom. The van der Waals surface area contributed by atoms with Crippen molar-refractivity contribution in [2.24, 2.45) is 4.99 Å². The quantitative estimate of drug-likeness (QED) is 0.278. The summed E-state index contributed by atoms with van der Waals surface area (Å²) in [5.74, 6) is -1.08. The number of nitrogens with zero attached hydrogens (tertiary/aromatic N) is 1. The number of aliphatic imine (C=N–C) groups is 1. The van der Waals surface area contributed by atoms with E-state index in [0.29, 0.717) is 0 Å². The zero-order chi connectivity index (χ0) is 10.3. The Balaban J connectivity index is 4.17. The van der Waals surface area contributed by atoms with Gasteiger partial charge in [0, 0.05) is 7.11 Å². The van der Waals surface area contributed by atoms with Crippen LogP contribution >= 0.6 is 0 Å². The first-order valence-corrected chi connectivity index (χ1v) is 3.60. The summed E-state index contributed by atoms with van der Waals surface area (Å²) < 4.78 is 4.81. The highest BCUT2D eigenvalue weighted by molar-refractivity contribution is 5.75. The monoisotopic (exact) mass is 191 g/mol. The van der Waals surface area contributed by atoms with Crippen LogP contribution in [-0.4, -0.2) is 43.8 Å². The number of hydrogen-bond donors (Lipinski definition) is 1. The maximum Gasteiger partial charge on any atom is 0.331 e. The van der Waals surface area contributed by atoms with Crippen LogP contribution in [0, 0.1) is 0 Å². The molecule has 0 radical (unpaired) electrons. The lowest BCUT2D eigenvalue weighted by molar-refractivity contribution is -0.188. The molecular weight excluding hydrogens is 178 g/mol. The van der Waals surface area contributed by atoms with Crippen LogP contribution in [0.2, 0.25) is 0 Å². The van der Waals surface area contributed by atoms with Crippen LogP contribution in [-0.2, 0) is 19.3 Å². The molecule has 0 amide bonds. The number of rotatable bonds is 6. The number of hydrogen-bond acceptors (Lipinski definition) is 5. The average molecular weight is 191 g/mol. The van der Waals surface area contributed by atoms with Crippen molar-refractivity contribution >= 4 is 12.4 Å². The standard InChI is InChI=1S/C7H13NO5/c1-5(11-2)6(7(9)10)8-4-13-12-3/h4-6H,1-3H3,(H,9,10)/t5-,6?/m1/s1. The minimum atomic E-state index is -1.08. The molecule has 0 aromatic rings. The van der Waals surface area contributed by atoms with Crippen LogP contribution in [0.1, 0.15) is 6.92 Å². The summed E-state index contributed by atoms with van der Waals surface area (Å²) in [7, 11) is 2.70. The molecule has 13 heavy (non-hydrogen) atoms. The van der Waals surface area contributed by atoms with Gasteiger partial charge >= 0.3 is 5.97 Å². The molecule has 6 nitrogen and oxygen atoms in total. The first kappa shape index (κ1) is 11.9. The lowest BCUT2D eigenvalue weighted by Gasteiger charge is -2.13. The van der Waals surface area contributed by atoms with Crippen LogP contribution in [0.25, 0.3) is 0 Å². The highest BCUT2D eigenvalue weighted by atomic mass is 17.2. The second-order valence-corrected chi connectivity index (χ2v) is 2.24. The van der Waals surface area contributed by atoms with Crippen molar-refractivity contribution in [1.82, 2.24) is 0 Å². The second-order valence-electron chi connectivity index (χ2n) is 2.24. The van der Waals surface area contributed by atoms with E-state index < -0.39 is 18.1 Å². The Morgan fingerprint density at radius 3 is 2.54 bits per heavy atom. The number of carboxylic acids is 1. The molecule has 0 heterocycles. The first-order chi connectivity index (χ1) is 6.13. The Kier molecular flexibility index (Phi) is 5.82. The Hall–Kier alpha value is -1.14. The number of ether oxygens (including phenoxy) is 1. The van der Waals surface area contributed by atoms with Crippen LogP contribution in [0.3, 0.4) is 0 Å². The molecule has 0 aliphatic carbocycles. The lowest BCUT2D eigenvalue weighted by atomic mass is 10.2. The molecule has 0 aliphatic rings. The fraction of sp³-hybridized carbons (Fsp3) is 0.714. The SMILES string of the molecule is COOC=NC(C(=O)O)[C@@H](C)OC. The van der Waals surface area contributed by atoms with Crippen molar-refractivity contribution in [3.63, 3.8) is 0 Å². The van der Waals surface area contributed by atoms with E-state index >= 15 is 0 Å². The van der Waals surface area contributed by atoms with Gasteiger partial charge in [-0.05, 0) is 6.92 Å². The van der Waals surface area contributed by atoms with E-state index in [0.717, 1.165) is 6.40 Å². The summed E-state index contributed by atoms with van der Waals surface area (Å²) >= 11 is 0. The molecule has 0 aliphatic heterocycles. The molecule has 0 saturated heterocycles. The predicted octanol–water partition coefficient (Wildman–Crippen LogP) is 0.0808. The van der Waals surface area contributed by atoms with E-state index in [1.165, 1.54) is 14.2 Å². The highest BCUT2D eigenvalue weighted by Gasteiger charge is 2.23. The average Bonchev–Trinajstić information content (AvgIpc) is 2.11. The summed E-state index contributed by atoms with van der Waals surface area (Å²) in [6.07, 6.45) is 0.406. The Morgan fingerprint density at radius 1 is 1.54 bits per heavy atom. The van der Waals surface area contributed by atoms with Crippen LogP contribution in [0.15, 0.2) is 4.99 Å². The van der Waals surface area contributed by atoms with Gasteiger partial charge < -0.3 is 14.7 Å². The largest absolute Gasteiger partial charge is 0.480 e. The van der Waals surface area contributed by atoms with Crippen molar-refractivity contribution in [2.45, 2.75) is 19.1 Å². The molecule has 76 valence electrons. The maximum absolute atomic E-state index is 10.6. The van der Waals surface area contributed by atoms with E-state index in [1.807, 2.05) is 0 Å². The molecule has 0 spiro atoms. The second kappa shape index (κ2) is 6.38. The molecule has 0 aromatic carbocycles. The Bertz CT molecular complexity index is 182. The molecule has 1 unspecified atom stereocenters. The molecule has 6 heteroatoms. The topological polar surface area (TPSA) is 77.4 Å². The zero-order valence-electron chi connectivity index (χ0n) is 7.76. The maximum atomic E-state index is 10.6. The zero-order valence-corrected chi connectivity index (χ0v) is 7.76. The minimum Gasteiger partial charge on any atom is -0.480 e. The third-order valence-corrected chi connectivity index (χ3v) is 1.43. The minimum absolute atomic E-state index is 0.519. The summed E-state index contributed by atoms with van der Waals surface area (Å²) in [5, 5.41) is 8.68. The predicted molar refractivity (Wildman–Crippen MR) is 44.5 cm³/mol. The van der Waals surface area contributed by atoms with Gasteiger partial charge in [0.05, 0.1) is 13.2 Å². The third-order valence-electron chi connectivity index (χ3n) is 1.43. The summed E-state index contributed by atoms with van der Waals surface area (Å²) in [6.45, 7) is 1.60. The first-order valence-electron chi connectivity index (χ1n) is 3.60. The number of carbonyl (C=O) groups is 1. The van der Waals surface area contributed by atoms with Crippen molar-refractivity contribution in [1.29, 1.82) is 0 Å². The normalized spacial score (nSPS) is 15.6. The van der Waals surface area contributed by atoms with Gasteiger partial charge in [0.15, 0.2) is 6.04 Å². The van der Waals surface area contributed by atoms with Crippen molar-refractivity contribution in [2.75, 3.05) is 14.2 Å². The lowest BCUT2D eigenvalue weighted by Crippen LogP contribution is -2.31. The van der Waals surface area contributed by atoms with E-state index in [1.54, 1.807) is 6.92 Å². The van der Waals surface area contributed by atoms with E-state index in [4.69, 9.17) is 9.84 Å². The van der Waals surface area contributed by atoms with E-state index in [2.05, 4.69) is 14.8 Å². The van der Waals surface area contributed by atoms with Crippen molar-refractivity contribution in [3.8, 4) is 0 Å². The fourth-order valence-corrected chi connectivity index (χ4v) is 0.648. The van der Waals surface area contributed by atoms with E-state index in [9.17, 15) is 4.79 Å². The van der Waals surface area contributed by atoms with Crippen molar-refractivity contribution < 1.29 is 24.4 Å². The number of aliphatic carboxylic acids is 1. The molecule has 0 saturated carbocycles. The molecule has 0 aromatic heterocycles. The van der Waals surface area contributed by atoms with Gasteiger partial charge in [-0.1, -0.05) is 0 Å². The van der Waals surface area contributed by atoms with Crippen LogP contribution in [0.5, 0.6) is 0 Å². The van der Waals surface area contributed by atoms with Crippen molar-refractivity contribution in [3.05, 3.63) is 0 Å². The number of carboxylic acid groups (broad SMARTS) is 1. The highest BCUT2D eigenvalue weighted by Crippen LogP contribution is 2.02. The van der Waals surface area contributed by atoms with Gasteiger partial charge in [-0.2, -0.15) is 4.89 Å². The summed E-state index contributed by atoms with van der Waals surface area (Å²) in [5.41, 5.74) is 0. The van der Waals surface area contributed by atoms with Gasteiger partial charge in [-0.25, -0.2) is 9.79 Å². The van der Waals surface area contributed by atoms with Gasteiger partial charge in [-0.3, -0.25) is 0 Å². The Labute approximate surface area is 76.0 Å². The summed E-state index contributed by atoms with van der Waals surface area (Å²) in [4.78, 5) is 22.7. The molecule has 2 atom stereocenters. The molecule has 1 N–H and O–H groups in total. The molecular formula is C7H13NO5. The molecule has 0 fully saturated rings. The molecule has 0 rings (SSSR count). The third kappa shape index (κ3) is 4.44. The summed E-state index contributed by atoms with van der Waals surface area (Å²) in [6, 6.07) is -0.986. The van der Waals surface area contributed by atoms with Crippen LogP contribution < -0.4 is 0 Å². The smallest absolute Gasteiger partial charge is 0.331 e. The molecule has 0 bridgehead atoms. The van der Waals surface area contributed by atoms with Gasteiger partial charge in [-0.15, -0.1) is 0 Å². The van der Waals surface area contributed by atoms with Gasteiger partial charge in [0.2, 0.25) is 6.40 Å². The fourth-order valence-electron chi connectivity index (χ4n) is 0.648. The van der Waals surface area contributed by atoms with Crippen LogP contribution in [0.4, 0.5) is 0 Å². The van der Waals surface area contributed by atoms with Gasteiger partial charge in [0.1, 0.15) is 0 Å². The van der Waals surface area contributed by atoms with E-state index in [-0.39, 0.29) is 0 Å². The number of methoxy groups -OCH3 is 1.